The van der Waals surface area contributed by atoms with Crippen molar-refractivity contribution in [1.82, 2.24) is 0 Å². The summed E-state index contributed by atoms with van der Waals surface area (Å²) in [6.07, 6.45) is -10.4. The van der Waals surface area contributed by atoms with Crippen molar-refractivity contribution in [3.05, 3.63) is 47.0 Å². The van der Waals surface area contributed by atoms with Crippen LogP contribution in [0.2, 0.25) is 0 Å². The van der Waals surface area contributed by atoms with E-state index in [1.54, 1.807) is 0 Å². The van der Waals surface area contributed by atoms with Gasteiger partial charge in [-0.2, -0.15) is 26.3 Å². The van der Waals surface area contributed by atoms with Crippen LogP contribution in [0.1, 0.15) is 21.5 Å². The number of rotatable bonds is 4. The molecule has 0 aliphatic rings. The molecule has 0 bridgehead atoms. The third-order valence-corrected chi connectivity index (χ3v) is 2.73. The van der Waals surface area contributed by atoms with Gasteiger partial charge in [0.25, 0.3) is 0 Å². The second-order valence-corrected chi connectivity index (χ2v) is 4.39. The summed E-state index contributed by atoms with van der Waals surface area (Å²) < 4.78 is 85.9. The number of alkyl halides is 6. The SMILES string of the molecule is C=C(COC(=O)c1c(C(F)(F)F)cccc1C(F)(F)F)C(=O)OC. The highest BCUT2D eigenvalue weighted by molar-refractivity contribution is 5.94. The van der Waals surface area contributed by atoms with E-state index in [0.29, 0.717) is 18.2 Å². The van der Waals surface area contributed by atoms with Gasteiger partial charge in [0.15, 0.2) is 0 Å². The van der Waals surface area contributed by atoms with E-state index in [-0.39, 0.29) is 0 Å². The predicted molar refractivity (Wildman–Crippen MR) is 67.9 cm³/mol. The maximum atomic E-state index is 12.9. The van der Waals surface area contributed by atoms with Gasteiger partial charge in [0.2, 0.25) is 0 Å². The molecule has 0 spiro atoms. The molecule has 1 aromatic carbocycles. The first-order valence-corrected chi connectivity index (χ1v) is 6.10. The Morgan fingerprint density at radius 2 is 1.50 bits per heavy atom. The maximum absolute atomic E-state index is 12.9. The molecule has 0 saturated heterocycles. The molecule has 0 heterocycles. The molecule has 0 aliphatic carbocycles. The zero-order valence-corrected chi connectivity index (χ0v) is 12.0. The largest absolute Gasteiger partial charge is 0.466 e. The first kappa shape index (κ1) is 19.5. The van der Waals surface area contributed by atoms with Crippen molar-refractivity contribution in [1.29, 1.82) is 0 Å². The average molecular weight is 356 g/mol. The van der Waals surface area contributed by atoms with E-state index >= 15 is 0 Å². The molecule has 0 fully saturated rings. The van der Waals surface area contributed by atoms with Gasteiger partial charge in [-0.25, -0.2) is 9.59 Å². The van der Waals surface area contributed by atoms with Crippen LogP contribution in [0.3, 0.4) is 0 Å². The van der Waals surface area contributed by atoms with Gasteiger partial charge in [-0.1, -0.05) is 12.6 Å². The fraction of sp³-hybridized carbons (Fsp3) is 0.286. The molecule has 0 saturated carbocycles. The van der Waals surface area contributed by atoms with Crippen LogP contribution < -0.4 is 0 Å². The van der Waals surface area contributed by atoms with Crippen LogP contribution >= 0.6 is 0 Å². The Morgan fingerprint density at radius 1 is 1.04 bits per heavy atom. The average Bonchev–Trinajstić information content (AvgIpc) is 2.48. The second-order valence-electron chi connectivity index (χ2n) is 4.39. The third-order valence-electron chi connectivity index (χ3n) is 2.73. The lowest BCUT2D eigenvalue weighted by Gasteiger charge is -2.17. The van der Waals surface area contributed by atoms with Crippen molar-refractivity contribution in [3.63, 3.8) is 0 Å². The summed E-state index contributed by atoms with van der Waals surface area (Å²) in [4.78, 5) is 22.8. The number of carbonyl (C=O) groups excluding carboxylic acids is 2. The normalized spacial score (nSPS) is 11.8. The van der Waals surface area contributed by atoms with E-state index in [2.05, 4.69) is 16.1 Å². The van der Waals surface area contributed by atoms with E-state index in [4.69, 9.17) is 0 Å². The number of benzene rings is 1. The standard InChI is InChI=1S/C14H10F6O4/c1-7(11(21)23-2)6-24-12(22)10-8(13(15,16)17)4-3-5-9(10)14(18,19)20/h3-5H,1,6H2,2H3. The summed E-state index contributed by atoms with van der Waals surface area (Å²) in [5.74, 6) is -2.91. The lowest BCUT2D eigenvalue weighted by Crippen LogP contribution is -2.22. The summed E-state index contributed by atoms with van der Waals surface area (Å²) in [5, 5.41) is 0. The molecule has 1 rings (SSSR count). The number of hydrogen-bond acceptors (Lipinski definition) is 4. The van der Waals surface area contributed by atoms with E-state index in [1.807, 2.05) is 0 Å². The molecule has 0 amide bonds. The Kier molecular flexibility index (Phi) is 5.64. The van der Waals surface area contributed by atoms with Gasteiger partial charge in [-0.15, -0.1) is 0 Å². The number of hydrogen-bond donors (Lipinski definition) is 0. The summed E-state index contributed by atoms with van der Waals surface area (Å²) in [6.45, 7) is 2.22. The van der Waals surface area contributed by atoms with Crippen LogP contribution in [0, 0.1) is 0 Å². The van der Waals surface area contributed by atoms with Gasteiger partial charge < -0.3 is 9.47 Å². The quantitative estimate of drug-likeness (QED) is 0.470. The minimum Gasteiger partial charge on any atom is -0.466 e. The Balaban J connectivity index is 3.27. The van der Waals surface area contributed by atoms with Crippen molar-refractivity contribution in [2.75, 3.05) is 13.7 Å². The molecule has 132 valence electrons. The zero-order chi connectivity index (χ0) is 18.7. The molecular formula is C14H10F6O4. The zero-order valence-electron chi connectivity index (χ0n) is 12.0. The number of halogens is 6. The van der Waals surface area contributed by atoms with Crippen molar-refractivity contribution >= 4 is 11.9 Å². The number of esters is 2. The van der Waals surface area contributed by atoms with Crippen LogP contribution in [0.5, 0.6) is 0 Å². The Hall–Kier alpha value is -2.52. The van der Waals surface area contributed by atoms with Gasteiger partial charge in [0.1, 0.15) is 6.61 Å². The second kappa shape index (κ2) is 6.93. The van der Waals surface area contributed by atoms with Gasteiger partial charge in [-0.3, -0.25) is 0 Å². The minimum atomic E-state index is -5.21. The number of ether oxygens (including phenoxy) is 2. The van der Waals surface area contributed by atoms with E-state index < -0.39 is 53.2 Å². The molecule has 0 aliphatic heterocycles. The van der Waals surface area contributed by atoms with Crippen LogP contribution in [0.25, 0.3) is 0 Å². The first-order chi connectivity index (χ1) is 10.9. The minimum absolute atomic E-state index is 0.320. The lowest BCUT2D eigenvalue weighted by atomic mass is 10.00. The molecule has 4 nitrogen and oxygen atoms in total. The van der Waals surface area contributed by atoms with Crippen LogP contribution in [-0.4, -0.2) is 25.7 Å². The van der Waals surface area contributed by atoms with Crippen LogP contribution in [0.4, 0.5) is 26.3 Å². The molecule has 0 N–H and O–H groups in total. The van der Waals surface area contributed by atoms with Crippen molar-refractivity contribution in [2.45, 2.75) is 12.4 Å². The van der Waals surface area contributed by atoms with Gasteiger partial charge in [0.05, 0.1) is 29.4 Å². The summed E-state index contributed by atoms with van der Waals surface area (Å²) >= 11 is 0. The van der Waals surface area contributed by atoms with Gasteiger partial charge in [-0.05, 0) is 12.1 Å². The van der Waals surface area contributed by atoms with E-state index in [1.165, 1.54) is 0 Å². The van der Waals surface area contributed by atoms with Gasteiger partial charge in [0, 0.05) is 0 Å². The van der Waals surface area contributed by atoms with Crippen molar-refractivity contribution < 1.29 is 45.4 Å². The maximum Gasteiger partial charge on any atom is 0.417 e. The van der Waals surface area contributed by atoms with E-state index in [0.717, 1.165) is 7.11 Å². The smallest absolute Gasteiger partial charge is 0.417 e. The Labute approximate surface area is 131 Å². The molecule has 0 unspecified atom stereocenters. The molecule has 10 heteroatoms. The highest BCUT2D eigenvalue weighted by Crippen LogP contribution is 2.39. The molecule has 0 aromatic heterocycles. The summed E-state index contributed by atoms with van der Waals surface area (Å²) in [6, 6.07) is 1.16. The fourth-order valence-corrected chi connectivity index (χ4v) is 1.67. The molecule has 1 aromatic rings. The highest BCUT2D eigenvalue weighted by Gasteiger charge is 2.43. The van der Waals surface area contributed by atoms with Crippen LogP contribution in [-0.2, 0) is 26.6 Å². The molecule has 0 atom stereocenters. The van der Waals surface area contributed by atoms with E-state index in [9.17, 15) is 35.9 Å². The molecule has 0 radical (unpaired) electrons. The third kappa shape index (κ3) is 4.49. The first-order valence-electron chi connectivity index (χ1n) is 6.10. The lowest BCUT2D eigenvalue weighted by molar-refractivity contribution is -0.144. The summed E-state index contributed by atoms with van der Waals surface area (Å²) in [5.41, 5.74) is -5.74. The number of methoxy groups -OCH3 is 1. The number of carbonyl (C=O) groups is 2. The predicted octanol–water partition coefficient (Wildman–Crippen LogP) is 3.61. The van der Waals surface area contributed by atoms with Crippen LogP contribution in [0.15, 0.2) is 30.4 Å². The fourth-order valence-electron chi connectivity index (χ4n) is 1.67. The topological polar surface area (TPSA) is 52.6 Å². The van der Waals surface area contributed by atoms with Crippen molar-refractivity contribution in [2.24, 2.45) is 0 Å². The molecule has 24 heavy (non-hydrogen) atoms. The Bertz CT molecular complexity index is 628. The monoisotopic (exact) mass is 356 g/mol. The Morgan fingerprint density at radius 3 is 1.88 bits per heavy atom. The van der Waals surface area contributed by atoms with Gasteiger partial charge >= 0.3 is 24.3 Å². The van der Waals surface area contributed by atoms with Crippen molar-refractivity contribution in [3.8, 4) is 0 Å². The molecular weight excluding hydrogens is 346 g/mol. The summed E-state index contributed by atoms with van der Waals surface area (Å²) in [7, 11) is 0.968. The highest BCUT2D eigenvalue weighted by atomic mass is 19.4.